The Bertz CT molecular complexity index is 423. The molecule has 0 amide bonds. The summed E-state index contributed by atoms with van der Waals surface area (Å²) in [5.41, 5.74) is 0.601. The van der Waals surface area contributed by atoms with Crippen LogP contribution in [0, 0.1) is 5.92 Å². The van der Waals surface area contributed by atoms with Crippen LogP contribution in [0.1, 0.15) is 31.2 Å². The summed E-state index contributed by atoms with van der Waals surface area (Å²) in [6.45, 7) is 0. The third-order valence-electron chi connectivity index (χ3n) is 3.52. The van der Waals surface area contributed by atoms with Crippen molar-refractivity contribution in [3.63, 3.8) is 0 Å². The molecule has 1 fully saturated rings. The first-order chi connectivity index (χ1) is 9.13. The fourth-order valence-electron chi connectivity index (χ4n) is 2.68. The van der Waals surface area contributed by atoms with Crippen molar-refractivity contribution in [3.05, 3.63) is 35.9 Å². The van der Waals surface area contributed by atoms with Crippen LogP contribution in [-0.4, -0.2) is 23.1 Å². The number of aliphatic hydroxyl groups is 1. The van der Waals surface area contributed by atoms with E-state index >= 15 is 0 Å². The minimum absolute atomic E-state index is 0.250. The Kier molecular flexibility index (Phi) is 6.13. The predicted octanol–water partition coefficient (Wildman–Crippen LogP) is 1.77. The van der Waals surface area contributed by atoms with E-state index < -0.39 is 5.60 Å². The smallest absolute Gasteiger partial charge is 0.373 e. The van der Waals surface area contributed by atoms with Crippen LogP contribution < -0.4 is 0 Å². The van der Waals surface area contributed by atoms with Crippen molar-refractivity contribution in [1.82, 2.24) is 0 Å². The number of hydrogen-bond donors (Lipinski definition) is 1. The summed E-state index contributed by atoms with van der Waals surface area (Å²) in [5, 5.41) is 10.1. The molecule has 0 radical (unpaired) electrons. The van der Waals surface area contributed by atoms with Crippen molar-refractivity contribution >= 4 is 12.4 Å². The number of carbonyl (C=O) groups is 1. The zero-order chi connectivity index (χ0) is 14.1. The molecule has 1 aromatic rings. The molecule has 2 atom stereocenters. The van der Waals surface area contributed by atoms with E-state index in [0.29, 0.717) is 5.92 Å². The Hall–Kier alpha value is -1.77. The summed E-state index contributed by atoms with van der Waals surface area (Å²) in [5.74, 6) is 0.521. The number of aldehydes is 1. The molecule has 2 rings (SSSR count). The molecule has 19 heavy (non-hydrogen) atoms. The zero-order valence-electron chi connectivity index (χ0n) is 10.7. The van der Waals surface area contributed by atoms with Crippen LogP contribution in [0.3, 0.4) is 0 Å². The maximum Gasteiger partial charge on any atom is 0.373 e. The highest BCUT2D eigenvalue weighted by atomic mass is 16.3. The lowest BCUT2D eigenvalue weighted by atomic mass is 9.93. The van der Waals surface area contributed by atoms with Gasteiger partial charge in [0.05, 0.1) is 5.60 Å². The molecule has 0 aromatic heterocycles. The highest BCUT2D eigenvalue weighted by Gasteiger charge is 2.36. The third kappa shape index (κ3) is 5.16. The van der Waals surface area contributed by atoms with Gasteiger partial charge in [-0.2, -0.15) is 9.59 Å². The van der Waals surface area contributed by atoms with E-state index in [1.54, 1.807) is 0 Å². The van der Waals surface area contributed by atoms with E-state index in [9.17, 15) is 9.90 Å². The number of rotatable bonds is 4. The van der Waals surface area contributed by atoms with Gasteiger partial charge in [0.25, 0.3) is 0 Å². The van der Waals surface area contributed by atoms with Crippen LogP contribution in [0.5, 0.6) is 0 Å². The average Bonchev–Trinajstić information content (AvgIpc) is 2.73. The lowest BCUT2D eigenvalue weighted by Crippen LogP contribution is -2.25. The van der Waals surface area contributed by atoms with Gasteiger partial charge in [-0.3, -0.25) is 0 Å². The molecule has 0 saturated heterocycles. The van der Waals surface area contributed by atoms with Crippen LogP contribution in [0.25, 0.3) is 0 Å². The Morgan fingerprint density at radius 1 is 1.32 bits per heavy atom. The molecular formula is C15H18O4. The van der Waals surface area contributed by atoms with Gasteiger partial charge >= 0.3 is 6.15 Å². The predicted molar refractivity (Wildman–Crippen MR) is 68.1 cm³/mol. The summed E-state index contributed by atoms with van der Waals surface area (Å²) in [6.07, 6.45) is 4.95. The molecule has 0 bridgehead atoms. The van der Waals surface area contributed by atoms with Gasteiger partial charge in [0.1, 0.15) is 6.29 Å². The number of carbonyl (C=O) groups excluding carboxylic acids is 3. The van der Waals surface area contributed by atoms with Gasteiger partial charge in [-0.15, -0.1) is 0 Å². The minimum atomic E-state index is -0.721. The van der Waals surface area contributed by atoms with Gasteiger partial charge in [-0.05, 0) is 37.2 Å². The van der Waals surface area contributed by atoms with Gasteiger partial charge in [-0.1, -0.05) is 30.3 Å². The molecule has 102 valence electrons. The SMILES string of the molecule is O=C=O.O=CCC1(O)CC[C@@H](Cc2ccccc2)C1. The van der Waals surface area contributed by atoms with Gasteiger partial charge in [0.2, 0.25) is 0 Å². The summed E-state index contributed by atoms with van der Waals surface area (Å²) >= 11 is 0. The minimum Gasteiger partial charge on any atom is -0.389 e. The maximum atomic E-state index is 10.5. The van der Waals surface area contributed by atoms with Crippen LogP contribution in [0.2, 0.25) is 0 Å². The first-order valence-electron chi connectivity index (χ1n) is 6.33. The van der Waals surface area contributed by atoms with E-state index in [1.165, 1.54) is 5.56 Å². The Labute approximate surface area is 112 Å². The summed E-state index contributed by atoms with van der Waals surface area (Å²) < 4.78 is 0. The van der Waals surface area contributed by atoms with E-state index in [0.717, 1.165) is 32.0 Å². The molecule has 1 saturated carbocycles. The largest absolute Gasteiger partial charge is 0.389 e. The van der Waals surface area contributed by atoms with Crippen molar-refractivity contribution in [2.24, 2.45) is 5.92 Å². The fraction of sp³-hybridized carbons (Fsp3) is 0.467. The molecule has 0 heterocycles. The molecule has 1 aliphatic carbocycles. The summed E-state index contributed by atoms with van der Waals surface area (Å²) in [7, 11) is 0. The molecule has 1 aliphatic rings. The summed E-state index contributed by atoms with van der Waals surface area (Å²) in [6, 6.07) is 10.3. The van der Waals surface area contributed by atoms with E-state index in [2.05, 4.69) is 12.1 Å². The average molecular weight is 262 g/mol. The molecule has 4 nitrogen and oxygen atoms in total. The molecular weight excluding hydrogens is 244 g/mol. The fourth-order valence-corrected chi connectivity index (χ4v) is 2.68. The van der Waals surface area contributed by atoms with Crippen molar-refractivity contribution in [2.45, 2.75) is 37.7 Å². The zero-order valence-corrected chi connectivity index (χ0v) is 10.7. The standard InChI is InChI=1S/C14H18O2.CO2/c15-9-8-14(16)7-6-13(11-14)10-12-4-2-1-3-5-12;2-1-3/h1-5,9,13,16H,6-8,10-11H2;/t13-,14?;/m0./s1. The van der Waals surface area contributed by atoms with Gasteiger partial charge in [0.15, 0.2) is 0 Å². The second kappa shape index (κ2) is 7.62. The van der Waals surface area contributed by atoms with E-state index in [1.807, 2.05) is 18.2 Å². The number of benzene rings is 1. The lowest BCUT2D eigenvalue weighted by Gasteiger charge is -2.19. The second-order valence-corrected chi connectivity index (χ2v) is 4.98. The van der Waals surface area contributed by atoms with Crippen molar-refractivity contribution in [1.29, 1.82) is 0 Å². The summed E-state index contributed by atoms with van der Waals surface area (Å²) in [4.78, 5) is 26.7. The van der Waals surface area contributed by atoms with Crippen LogP contribution in [0.15, 0.2) is 30.3 Å². The Balaban J connectivity index is 0.000000550. The molecule has 0 aliphatic heterocycles. The quantitative estimate of drug-likeness (QED) is 0.839. The van der Waals surface area contributed by atoms with Crippen LogP contribution >= 0.6 is 0 Å². The molecule has 4 heteroatoms. The van der Waals surface area contributed by atoms with Crippen molar-refractivity contribution in [3.8, 4) is 0 Å². The molecule has 1 unspecified atom stereocenters. The highest BCUT2D eigenvalue weighted by molar-refractivity contribution is 5.51. The maximum absolute atomic E-state index is 10.5. The molecule has 0 spiro atoms. The molecule has 1 aromatic carbocycles. The first kappa shape index (κ1) is 15.3. The number of hydrogen-bond acceptors (Lipinski definition) is 4. The van der Waals surface area contributed by atoms with E-state index in [-0.39, 0.29) is 12.6 Å². The monoisotopic (exact) mass is 262 g/mol. The van der Waals surface area contributed by atoms with Gasteiger partial charge in [0, 0.05) is 6.42 Å². The lowest BCUT2D eigenvalue weighted by molar-refractivity contribution is -0.191. The highest BCUT2D eigenvalue weighted by Crippen LogP contribution is 2.37. The topological polar surface area (TPSA) is 71.4 Å². The Morgan fingerprint density at radius 3 is 2.53 bits per heavy atom. The normalized spacial score (nSPS) is 25.0. The van der Waals surface area contributed by atoms with Crippen LogP contribution in [0.4, 0.5) is 0 Å². The molecule has 1 N–H and O–H groups in total. The van der Waals surface area contributed by atoms with E-state index in [4.69, 9.17) is 9.59 Å². The van der Waals surface area contributed by atoms with Crippen LogP contribution in [-0.2, 0) is 20.8 Å². The second-order valence-electron chi connectivity index (χ2n) is 4.98. The van der Waals surface area contributed by atoms with Crippen molar-refractivity contribution < 1.29 is 19.5 Å². The van der Waals surface area contributed by atoms with Crippen molar-refractivity contribution in [2.75, 3.05) is 0 Å². The van der Waals surface area contributed by atoms with Gasteiger partial charge in [-0.25, -0.2) is 0 Å². The Morgan fingerprint density at radius 2 is 1.95 bits per heavy atom. The van der Waals surface area contributed by atoms with Gasteiger partial charge < -0.3 is 9.90 Å². The first-order valence-corrected chi connectivity index (χ1v) is 6.33. The third-order valence-corrected chi connectivity index (χ3v) is 3.52.